The molecule has 3 fully saturated rings. The molecular formula is C40H46N6O3. The van der Waals surface area contributed by atoms with Crippen molar-refractivity contribution in [3.63, 3.8) is 0 Å². The van der Waals surface area contributed by atoms with Crippen molar-refractivity contribution in [1.29, 1.82) is 0 Å². The molecular weight excluding hydrogens is 612 g/mol. The van der Waals surface area contributed by atoms with Gasteiger partial charge >= 0.3 is 0 Å². The van der Waals surface area contributed by atoms with Crippen molar-refractivity contribution < 1.29 is 14.3 Å². The monoisotopic (exact) mass is 658 g/mol. The smallest absolute Gasteiger partial charge is 0.253 e. The summed E-state index contributed by atoms with van der Waals surface area (Å²) in [5.41, 5.74) is 11.6. The number of anilines is 1. The highest BCUT2D eigenvalue weighted by molar-refractivity contribution is 5.95. The van der Waals surface area contributed by atoms with Gasteiger partial charge in [0.1, 0.15) is 6.61 Å². The van der Waals surface area contributed by atoms with Crippen LogP contribution in [0.1, 0.15) is 57.5 Å². The van der Waals surface area contributed by atoms with Gasteiger partial charge in [-0.05, 0) is 85.8 Å². The molecule has 0 aliphatic carbocycles. The van der Waals surface area contributed by atoms with E-state index >= 15 is 0 Å². The number of hydrogen-bond donors (Lipinski definition) is 1. The fraction of sp³-hybridized carbons (Fsp3) is 0.375. The number of pyridine rings is 1. The Kier molecular flexibility index (Phi) is 10.2. The molecule has 0 bridgehead atoms. The van der Waals surface area contributed by atoms with Crippen molar-refractivity contribution in [3.05, 3.63) is 113 Å². The fourth-order valence-electron chi connectivity index (χ4n) is 7.30. The zero-order chi connectivity index (χ0) is 33.6. The number of amides is 2. The van der Waals surface area contributed by atoms with Crippen LogP contribution >= 0.6 is 0 Å². The van der Waals surface area contributed by atoms with Crippen LogP contribution in [0, 0.1) is 0 Å². The van der Waals surface area contributed by atoms with Gasteiger partial charge in [0, 0.05) is 74.7 Å². The molecule has 3 saturated heterocycles. The Morgan fingerprint density at radius 1 is 0.694 bits per heavy atom. The van der Waals surface area contributed by atoms with Crippen LogP contribution in [0.25, 0.3) is 11.1 Å². The summed E-state index contributed by atoms with van der Waals surface area (Å²) in [6.45, 7) is 8.41. The summed E-state index contributed by atoms with van der Waals surface area (Å²) in [5, 5.41) is 0. The number of carbonyl (C=O) groups is 2. The quantitative estimate of drug-likeness (QED) is 0.251. The van der Waals surface area contributed by atoms with E-state index in [1.165, 1.54) is 31.5 Å². The number of rotatable bonds is 9. The predicted octanol–water partition coefficient (Wildman–Crippen LogP) is 5.57. The number of aromatic nitrogens is 1. The molecule has 49 heavy (non-hydrogen) atoms. The topological polar surface area (TPSA) is 95.2 Å². The second-order valence-corrected chi connectivity index (χ2v) is 13.5. The van der Waals surface area contributed by atoms with E-state index in [4.69, 9.17) is 10.5 Å². The van der Waals surface area contributed by atoms with Crippen LogP contribution < -0.4 is 10.5 Å². The first-order chi connectivity index (χ1) is 24.0. The normalized spacial score (nSPS) is 17.7. The van der Waals surface area contributed by atoms with Gasteiger partial charge in [0.15, 0.2) is 11.6 Å². The number of piperazine rings is 1. The minimum absolute atomic E-state index is 0.0581. The van der Waals surface area contributed by atoms with Crippen molar-refractivity contribution in [2.75, 3.05) is 58.1 Å². The first kappa shape index (κ1) is 32.8. The number of carbonyl (C=O) groups excluding carboxylic acids is 2. The van der Waals surface area contributed by atoms with E-state index < -0.39 is 0 Å². The van der Waals surface area contributed by atoms with E-state index in [2.05, 4.69) is 39.0 Å². The molecule has 254 valence electrons. The number of nitrogens with two attached hydrogens (primary N) is 1. The van der Waals surface area contributed by atoms with Gasteiger partial charge in [-0.3, -0.25) is 14.5 Å². The summed E-state index contributed by atoms with van der Waals surface area (Å²) in [6, 6.07) is 28.3. The lowest BCUT2D eigenvalue weighted by molar-refractivity contribution is 0.0626. The molecule has 0 atom stereocenters. The number of nitrogen functional groups attached to an aromatic ring is 1. The lowest BCUT2D eigenvalue weighted by atomic mass is 10.0. The summed E-state index contributed by atoms with van der Waals surface area (Å²) >= 11 is 0. The van der Waals surface area contributed by atoms with Crippen LogP contribution in [0.5, 0.6) is 5.75 Å². The van der Waals surface area contributed by atoms with Crippen LogP contribution in [0.15, 0.2) is 91.1 Å². The summed E-state index contributed by atoms with van der Waals surface area (Å²) in [7, 11) is 0. The third-order valence-electron chi connectivity index (χ3n) is 10.3. The molecule has 3 aromatic carbocycles. The predicted molar refractivity (Wildman–Crippen MR) is 192 cm³/mol. The van der Waals surface area contributed by atoms with Crippen molar-refractivity contribution >= 4 is 17.6 Å². The minimum atomic E-state index is 0.0581. The standard InChI is InChI=1S/C40H46N6O3/c41-38-37(49-29-31-8-10-33(11-9-31)40(48)46-24-22-43(23-25-46)28-30-6-2-1-3-7-30)26-35(27-42-38)32-12-14-34(15-13-32)39(47)45-20-16-36(17-21-45)44-18-4-5-19-44/h1-3,6-15,26-27,36H,4-5,16-25,28-29H2,(H2,41,42). The molecule has 2 N–H and O–H groups in total. The zero-order valence-electron chi connectivity index (χ0n) is 28.2. The van der Waals surface area contributed by atoms with Gasteiger partial charge in [-0.1, -0.05) is 54.6 Å². The van der Waals surface area contributed by atoms with Gasteiger partial charge in [0.2, 0.25) is 0 Å². The van der Waals surface area contributed by atoms with Gasteiger partial charge in [-0.2, -0.15) is 0 Å². The third kappa shape index (κ3) is 7.95. The second-order valence-electron chi connectivity index (χ2n) is 13.5. The lowest BCUT2D eigenvalue weighted by Gasteiger charge is -2.36. The molecule has 0 spiro atoms. The maximum atomic E-state index is 13.2. The fourth-order valence-corrected chi connectivity index (χ4v) is 7.30. The Bertz CT molecular complexity index is 1710. The lowest BCUT2D eigenvalue weighted by Crippen LogP contribution is -2.48. The van der Waals surface area contributed by atoms with Gasteiger partial charge < -0.3 is 25.2 Å². The Morgan fingerprint density at radius 3 is 1.96 bits per heavy atom. The van der Waals surface area contributed by atoms with E-state index in [0.29, 0.717) is 35.3 Å². The highest BCUT2D eigenvalue weighted by Crippen LogP contribution is 2.29. The van der Waals surface area contributed by atoms with Gasteiger partial charge in [-0.25, -0.2) is 4.98 Å². The SMILES string of the molecule is Nc1ncc(-c2ccc(C(=O)N3CCC(N4CCCC4)CC3)cc2)cc1OCc1ccc(C(=O)N2CCN(Cc3ccccc3)CC2)cc1. The minimum Gasteiger partial charge on any atom is -0.485 e. The third-order valence-corrected chi connectivity index (χ3v) is 10.3. The Hall–Kier alpha value is -4.73. The number of hydrogen-bond acceptors (Lipinski definition) is 7. The second kappa shape index (κ2) is 15.2. The van der Waals surface area contributed by atoms with E-state index in [1.54, 1.807) is 6.20 Å². The van der Waals surface area contributed by atoms with E-state index in [-0.39, 0.29) is 11.8 Å². The summed E-state index contributed by atoms with van der Waals surface area (Å²) in [4.78, 5) is 39.7. The summed E-state index contributed by atoms with van der Waals surface area (Å²) < 4.78 is 6.10. The van der Waals surface area contributed by atoms with Crippen LogP contribution in [0.3, 0.4) is 0 Å². The van der Waals surface area contributed by atoms with Crippen LogP contribution in [-0.4, -0.2) is 94.8 Å². The number of benzene rings is 3. The Morgan fingerprint density at radius 2 is 1.31 bits per heavy atom. The highest BCUT2D eigenvalue weighted by atomic mass is 16.5. The molecule has 4 heterocycles. The molecule has 4 aromatic rings. The molecule has 9 nitrogen and oxygen atoms in total. The first-order valence-electron chi connectivity index (χ1n) is 17.7. The van der Waals surface area contributed by atoms with E-state index in [9.17, 15) is 9.59 Å². The number of nitrogens with zero attached hydrogens (tertiary/aromatic N) is 5. The molecule has 3 aliphatic heterocycles. The number of ether oxygens (including phenoxy) is 1. The Labute approximate surface area is 289 Å². The molecule has 1 aromatic heterocycles. The number of piperidine rings is 1. The van der Waals surface area contributed by atoms with Crippen molar-refractivity contribution in [3.8, 4) is 16.9 Å². The molecule has 0 radical (unpaired) electrons. The molecule has 3 aliphatic rings. The van der Waals surface area contributed by atoms with E-state index in [1.807, 2.05) is 70.5 Å². The van der Waals surface area contributed by atoms with Crippen molar-refractivity contribution in [1.82, 2.24) is 24.6 Å². The number of likely N-dealkylation sites (tertiary alicyclic amines) is 2. The average molecular weight is 659 g/mol. The highest BCUT2D eigenvalue weighted by Gasteiger charge is 2.29. The maximum absolute atomic E-state index is 13.2. The molecule has 0 unspecified atom stereocenters. The van der Waals surface area contributed by atoms with Gasteiger partial charge in [0.05, 0.1) is 0 Å². The summed E-state index contributed by atoms with van der Waals surface area (Å²) in [6.07, 6.45) is 6.44. The first-order valence-corrected chi connectivity index (χ1v) is 17.7. The summed E-state index contributed by atoms with van der Waals surface area (Å²) in [5.74, 6) is 0.959. The van der Waals surface area contributed by atoms with Crippen LogP contribution in [0.2, 0.25) is 0 Å². The van der Waals surface area contributed by atoms with Crippen molar-refractivity contribution in [2.45, 2.75) is 44.9 Å². The van der Waals surface area contributed by atoms with Crippen molar-refractivity contribution in [2.24, 2.45) is 0 Å². The van der Waals surface area contributed by atoms with E-state index in [0.717, 1.165) is 75.3 Å². The van der Waals surface area contributed by atoms with Gasteiger partial charge in [0.25, 0.3) is 11.8 Å². The zero-order valence-corrected chi connectivity index (χ0v) is 28.2. The maximum Gasteiger partial charge on any atom is 0.253 e. The molecule has 2 amide bonds. The largest absolute Gasteiger partial charge is 0.485 e. The molecule has 9 heteroatoms. The van der Waals surface area contributed by atoms with Gasteiger partial charge in [-0.15, -0.1) is 0 Å². The average Bonchev–Trinajstić information content (AvgIpc) is 3.71. The van der Waals surface area contributed by atoms with Crippen LogP contribution in [-0.2, 0) is 13.2 Å². The van der Waals surface area contributed by atoms with Crippen LogP contribution in [0.4, 0.5) is 5.82 Å². The molecule has 0 saturated carbocycles. The Balaban J connectivity index is 0.903. The molecule has 7 rings (SSSR count).